The van der Waals surface area contributed by atoms with Crippen LogP contribution in [0.1, 0.15) is 12.8 Å². The fourth-order valence-corrected chi connectivity index (χ4v) is 13.4. The molecule has 0 aliphatic carbocycles. The minimum absolute atomic E-state index is 0.574. The second-order valence-corrected chi connectivity index (χ2v) is 13.7. The first-order valence-corrected chi connectivity index (χ1v) is 14.6. The molecule has 2 saturated heterocycles. The van der Waals surface area contributed by atoms with E-state index in [9.17, 15) is 0 Å². The second-order valence-electron chi connectivity index (χ2n) is 6.85. The molecule has 2 spiro atoms. The molecule has 2 aromatic carbocycles. The number of rotatable bonds is 4. The Hall–Kier alpha value is -1.43. The van der Waals surface area contributed by atoms with Crippen LogP contribution in [0.15, 0.2) is 74.2 Å². The Morgan fingerprint density at radius 2 is 1.17 bits per heavy atom. The van der Waals surface area contributed by atoms with Crippen LogP contribution in [0, 0.1) is 0 Å². The molecule has 0 aromatic heterocycles. The van der Waals surface area contributed by atoms with Crippen molar-refractivity contribution in [1.82, 2.24) is 10.2 Å². The van der Waals surface area contributed by atoms with Crippen LogP contribution >= 0.6 is 22.8 Å². The Balaban J connectivity index is 1.69. The first-order chi connectivity index (χ1) is 14.7. The highest BCUT2D eigenvalue weighted by Crippen LogP contribution is 2.77. The monoisotopic (exact) mass is 467 g/mol. The highest BCUT2D eigenvalue weighted by atomic mass is 31.3. The molecule has 2 aromatic rings. The molecule has 3 aliphatic heterocycles. The van der Waals surface area contributed by atoms with Crippen LogP contribution in [0.5, 0.6) is 11.5 Å². The Morgan fingerprint density at radius 3 is 1.63 bits per heavy atom. The highest BCUT2D eigenvalue weighted by Gasteiger charge is 2.44. The number of benzene rings is 2. The first-order valence-electron chi connectivity index (χ1n) is 9.89. The van der Waals surface area contributed by atoms with E-state index in [0.29, 0.717) is 24.7 Å². The van der Waals surface area contributed by atoms with Crippen LogP contribution in [0.2, 0.25) is 0 Å². The maximum absolute atomic E-state index is 6.41. The summed E-state index contributed by atoms with van der Waals surface area (Å²) in [7, 11) is -8.71. The fourth-order valence-electron chi connectivity index (χ4n) is 3.15. The Labute approximate surface area is 176 Å². The van der Waals surface area contributed by atoms with Crippen molar-refractivity contribution >= 4 is 22.8 Å². The second kappa shape index (κ2) is 8.60. The van der Waals surface area contributed by atoms with E-state index in [1.54, 1.807) is 0 Å². The predicted octanol–water partition coefficient (Wildman–Crippen LogP) is 6.02. The van der Waals surface area contributed by atoms with Gasteiger partial charge in [-0.3, -0.25) is 0 Å². The van der Waals surface area contributed by atoms with E-state index in [1.165, 1.54) is 0 Å². The summed E-state index contributed by atoms with van der Waals surface area (Å²) in [6.45, 7) is 2.67. The van der Waals surface area contributed by atoms with Gasteiger partial charge in [-0.25, -0.2) is 10.2 Å². The lowest BCUT2D eigenvalue weighted by Gasteiger charge is -2.37. The van der Waals surface area contributed by atoms with E-state index in [-0.39, 0.29) is 0 Å². The van der Waals surface area contributed by atoms with E-state index in [1.807, 2.05) is 60.7 Å². The van der Waals surface area contributed by atoms with Crippen molar-refractivity contribution in [2.45, 2.75) is 12.8 Å². The van der Waals surface area contributed by atoms with E-state index < -0.39 is 22.8 Å². The van der Waals surface area contributed by atoms with E-state index >= 15 is 0 Å². The third kappa shape index (κ3) is 4.44. The minimum Gasteiger partial charge on any atom is -0.413 e. The number of hydrogen-bond acceptors (Lipinski definition) is 9. The zero-order chi connectivity index (χ0) is 20.3. The Bertz CT molecular complexity index is 981. The maximum atomic E-state index is 6.41. The van der Waals surface area contributed by atoms with Gasteiger partial charge < -0.3 is 18.1 Å². The van der Waals surface area contributed by atoms with Gasteiger partial charge in [-0.1, -0.05) is 36.4 Å². The summed E-state index contributed by atoms with van der Waals surface area (Å²) in [5.41, 5.74) is 0. The standard InChI is InChI=1S/C18H24N5O4P3/c1-3-9-17(10-4-1)26-30(27-18-11-5-2-6-12-18)22-28(19-13-7-15-24-28)21-29(23-30)20-14-8-16-25-29/h1-6,9-12,19-20H,7-8,13-16H2. The molecule has 2 N–H and O–H groups in total. The molecule has 0 amide bonds. The third-order valence-electron chi connectivity index (χ3n) is 4.47. The first kappa shape index (κ1) is 20.5. The van der Waals surface area contributed by atoms with Gasteiger partial charge >= 0.3 is 7.66 Å². The van der Waals surface area contributed by atoms with Gasteiger partial charge in [0.05, 0.1) is 13.2 Å². The summed E-state index contributed by atoms with van der Waals surface area (Å²) in [6, 6.07) is 19.0. The van der Waals surface area contributed by atoms with Gasteiger partial charge in [0.1, 0.15) is 11.5 Å². The molecule has 12 heteroatoms. The number of nitrogens with zero attached hydrogens (tertiary/aromatic N) is 3. The summed E-state index contributed by atoms with van der Waals surface area (Å²) in [4.78, 5) is 0. The van der Waals surface area contributed by atoms with Crippen LogP contribution in [0.25, 0.3) is 0 Å². The molecule has 3 heterocycles. The third-order valence-corrected chi connectivity index (χ3v) is 13.4. The van der Waals surface area contributed by atoms with Crippen LogP contribution in [0.3, 0.4) is 0 Å². The lowest BCUT2D eigenvalue weighted by Crippen LogP contribution is -2.26. The van der Waals surface area contributed by atoms with Crippen molar-refractivity contribution in [2.24, 2.45) is 13.5 Å². The average Bonchev–Trinajstić information content (AvgIpc) is 2.75. The van der Waals surface area contributed by atoms with Crippen molar-refractivity contribution < 1.29 is 18.1 Å². The van der Waals surface area contributed by atoms with Gasteiger partial charge in [0, 0.05) is 13.1 Å². The highest BCUT2D eigenvalue weighted by molar-refractivity contribution is 7.80. The average molecular weight is 467 g/mol. The molecular formula is C18H24N5O4P3. The minimum atomic E-state index is -3.22. The number of nitrogens with one attached hydrogen (secondary N) is 2. The summed E-state index contributed by atoms with van der Waals surface area (Å²) in [5.74, 6) is 1.25. The Kier molecular flexibility index (Phi) is 5.87. The molecule has 30 heavy (non-hydrogen) atoms. The van der Waals surface area contributed by atoms with Gasteiger partial charge in [-0.05, 0) is 37.1 Å². The van der Waals surface area contributed by atoms with E-state index in [4.69, 9.17) is 31.6 Å². The summed E-state index contributed by atoms with van der Waals surface area (Å²) in [6.07, 6.45) is 1.79. The molecule has 2 fully saturated rings. The molecule has 2 atom stereocenters. The number of para-hydroxylation sites is 2. The van der Waals surface area contributed by atoms with E-state index in [0.717, 1.165) is 25.9 Å². The predicted molar refractivity (Wildman–Crippen MR) is 119 cm³/mol. The quantitative estimate of drug-likeness (QED) is 0.534. The summed E-state index contributed by atoms with van der Waals surface area (Å²) >= 11 is 0. The van der Waals surface area contributed by atoms with Gasteiger partial charge in [0.2, 0.25) is 0 Å². The van der Waals surface area contributed by atoms with Crippen LogP contribution < -0.4 is 19.2 Å². The molecule has 0 bridgehead atoms. The molecule has 0 radical (unpaired) electrons. The lowest BCUT2D eigenvalue weighted by atomic mass is 10.3. The van der Waals surface area contributed by atoms with Gasteiger partial charge in [0.15, 0.2) is 0 Å². The molecule has 2 unspecified atom stereocenters. The molecule has 5 rings (SSSR count). The number of hydrogen-bond donors (Lipinski definition) is 2. The zero-order valence-corrected chi connectivity index (χ0v) is 19.0. The van der Waals surface area contributed by atoms with Crippen molar-refractivity contribution in [1.29, 1.82) is 0 Å². The molecular weight excluding hydrogens is 443 g/mol. The fraction of sp³-hybridized carbons (Fsp3) is 0.333. The summed E-state index contributed by atoms with van der Waals surface area (Å²) in [5, 5.41) is 6.81. The maximum Gasteiger partial charge on any atom is 0.455 e. The van der Waals surface area contributed by atoms with Crippen LogP contribution in [0.4, 0.5) is 0 Å². The topological polar surface area (TPSA) is 98.1 Å². The van der Waals surface area contributed by atoms with Crippen LogP contribution in [-0.2, 0) is 9.05 Å². The Morgan fingerprint density at radius 1 is 0.667 bits per heavy atom. The van der Waals surface area contributed by atoms with Crippen molar-refractivity contribution in [2.75, 3.05) is 26.3 Å². The van der Waals surface area contributed by atoms with Gasteiger partial charge in [-0.15, -0.1) is 9.03 Å². The normalized spacial score (nSPS) is 30.0. The van der Waals surface area contributed by atoms with E-state index in [2.05, 4.69) is 10.2 Å². The molecule has 0 saturated carbocycles. The van der Waals surface area contributed by atoms with Gasteiger partial charge in [-0.2, -0.15) is 4.52 Å². The summed E-state index contributed by atoms with van der Waals surface area (Å²) < 4.78 is 40.0. The largest absolute Gasteiger partial charge is 0.455 e. The zero-order valence-electron chi connectivity index (χ0n) is 16.3. The molecule has 160 valence electrons. The lowest BCUT2D eigenvalue weighted by molar-refractivity contribution is 0.300. The SMILES string of the molecule is c1ccc(OP2(Oc3ccccc3)=NP3(=NP4(=N2)NCCCO4)NCCCO3)cc1. The molecule has 3 aliphatic rings. The van der Waals surface area contributed by atoms with Crippen molar-refractivity contribution in [3.63, 3.8) is 0 Å². The van der Waals surface area contributed by atoms with Gasteiger partial charge in [0.25, 0.3) is 15.2 Å². The van der Waals surface area contributed by atoms with Crippen molar-refractivity contribution in [3.05, 3.63) is 60.7 Å². The molecule has 9 nitrogen and oxygen atoms in total. The van der Waals surface area contributed by atoms with Crippen molar-refractivity contribution in [3.8, 4) is 11.5 Å². The smallest absolute Gasteiger partial charge is 0.413 e. The van der Waals surface area contributed by atoms with Crippen LogP contribution in [-0.4, -0.2) is 26.3 Å².